The number of amides is 1. The predicted octanol–water partition coefficient (Wildman–Crippen LogP) is 4.08. The molecule has 0 atom stereocenters. The van der Waals surface area contributed by atoms with E-state index < -0.39 is 0 Å². The van der Waals surface area contributed by atoms with Crippen molar-refractivity contribution >= 4 is 17.4 Å². The summed E-state index contributed by atoms with van der Waals surface area (Å²) in [5, 5.41) is 7.96. The van der Waals surface area contributed by atoms with Gasteiger partial charge >= 0.3 is 0 Å². The highest BCUT2D eigenvalue weighted by atomic mass is 16.1. The first-order valence-electron chi connectivity index (χ1n) is 11.0. The number of hydrogen-bond acceptors (Lipinski definition) is 4. The average Bonchev–Trinajstić information content (AvgIpc) is 3.17. The second-order valence-electron chi connectivity index (χ2n) is 8.66. The van der Waals surface area contributed by atoms with Crippen molar-refractivity contribution < 1.29 is 4.79 Å². The Morgan fingerprint density at radius 2 is 1.90 bits per heavy atom. The molecule has 3 aromatic rings. The highest BCUT2D eigenvalue weighted by Crippen LogP contribution is 2.27. The van der Waals surface area contributed by atoms with Crippen LogP contribution >= 0.6 is 0 Å². The van der Waals surface area contributed by atoms with Crippen molar-refractivity contribution in [3.8, 4) is 11.3 Å². The van der Waals surface area contributed by atoms with E-state index in [-0.39, 0.29) is 11.8 Å². The number of rotatable bonds is 6. The lowest BCUT2D eigenvalue weighted by Gasteiger charge is -2.33. The third-order valence-corrected chi connectivity index (χ3v) is 5.82. The summed E-state index contributed by atoms with van der Waals surface area (Å²) in [5.41, 5.74) is 3.85. The second kappa shape index (κ2) is 8.86. The fraction of sp³-hybridized carbons (Fsp3) is 0.458. The Morgan fingerprint density at radius 1 is 1.17 bits per heavy atom. The largest absolute Gasteiger partial charge is 0.356 e. The molecule has 0 spiro atoms. The molecule has 0 bridgehead atoms. The Kier molecular flexibility index (Phi) is 6.02. The summed E-state index contributed by atoms with van der Waals surface area (Å²) >= 11 is 0. The maximum atomic E-state index is 12.5. The molecule has 1 aromatic carbocycles. The van der Waals surface area contributed by atoms with E-state index in [4.69, 9.17) is 5.10 Å². The minimum Gasteiger partial charge on any atom is -0.356 e. The van der Waals surface area contributed by atoms with E-state index >= 15 is 0 Å². The average molecular weight is 406 g/mol. The molecule has 4 rings (SSSR count). The zero-order chi connectivity index (χ0) is 21.1. The Bertz CT molecular complexity index is 1000. The molecule has 1 saturated heterocycles. The normalized spacial score (nSPS) is 15.1. The molecule has 0 unspecified atom stereocenters. The molecule has 158 valence electrons. The van der Waals surface area contributed by atoms with Gasteiger partial charge in [-0.15, -0.1) is 0 Å². The van der Waals surface area contributed by atoms with Crippen LogP contribution in [0.3, 0.4) is 0 Å². The number of piperidine rings is 1. The van der Waals surface area contributed by atoms with Gasteiger partial charge in [-0.05, 0) is 32.1 Å². The number of benzene rings is 1. The number of anilines is 1. The van der Waals surface area contributed by atoms with Crippen molar-refractivity contribution in [2.24, 2.45) is 11.8 Å². The fourth-order valence-electron chi connectivity index (χ4n) is 4.05. The lowest BCUT2D eigenvalue weighted by Crippen LogP contribution is -2.41. The summed E-state index contributed by atoms with van der Waals surface area (Å²) in [6.45, 7) is 8.86. The van der Waals surface area contributed by atoms with E-state index in [1.807, 2.05) is 35.7 Å². The van der Waals surface area contributed by atoms with Crippen LogP contribution in [0.2, 0.25) is 0 Å². The van der Waals surface area contributed by atoms with Crippen LogP contribution in [-0.2, 0) is 4.79 Å². The molecular formula is C24H31N5O. The smallest absolute Gasteiger partial charge is 0.223 e. The van der Waals surface area contributed by atoms with Crippen LogP contribution in [0.4, 0.5) is 5.82 Å². The van der Waals surface area contributed by atoms with Crippen LogP contribution in [-0.4, -0.2) is 40.1 Å². The Labute approximate surface area is 178 Å². The SMILES string of the molecule is Cc1cc(N2CCC(C(=O)NCCC(C)C)CC2)n2nc(-c3ccccc3)cc2n1. The van der Waals surface area contributed by atoms with Crippen LogP contribution in [0.5, 0.6) is 0 Å². The molecule has 1 fully saturated rings. The topological polar surface area (TPSA) is 62.5 Å². The Hall–Kier alpha value is -2.89. The minimum absolute atomic E-state index is 0.101. The molecular weight excluding hydrogens is 374 g/mol. The molecule has 1 aliphatic rings. The number of aromatic nitrogens is 3. The summed E-state index contributed by atoms with van der Waals surface area (Å²) in [6, 6.07) is 14.3. The Morgan fingerprint density at radius 3 is 2.60 bits per heavy atom. The van der Waals surface area contributed by atoms with E-state index in [2.05, 4.69) is 47.2 Å². The third kappa shape index (κ3) is 4.48. The van der Waals surface area contributed by atoms with Gasteiger partial charge in [0.05, 0.1) is 5.69 Å². The van der Waals surface area contributed by atoms with Gasteiger partial charge in [-0.3, -0.25) is 4.79 Å². The number of hydrogen-bond donors (Lipinski definition) is 1. The van der Waals surface area contributed by atoms with Crippen LogP contribution in [0, 0.1) is 18.8 Å². The number of aryl methyl sites for hydroxylation is 1. The number of fused-ring (bicyclic) bond motifs is 1. The van der Waals surface area contributed by atoms with E-state index in [1.165, 1.54) is 0 Å². The first-order chi connectivity index (χ1) is 14.5. The monoisotopic (exact) mass is 405 g/mol. The molecule has 0 radical (unpaired) electrons. The number of carbonyl (C=O) groups is 1. The van der Waals surface area contributed by atoms with Crippen LogP contribution in [0.15, 0.2) is 42.5 Å². The van der Waals surface area contributed by atoms with E-state index in [9.17, 15) is 4.79 Å². The van der Waals surface area contributed by atoms with Gasteiger partial charge in [0.2, 0.25) is 5.91 Å². The summed E-state index contributed by atoms with van der Waals surface area (Å²) in [6.07, 6.45) is 2.76. The lowest BCUT2D eigenvalue weighted by atomic mass is 9.95. The molecule has 0 saturated carbocycles. The summed E-state index contributed by atoms with van der Waals surface area (Å²) < 4.78 is 1.94. The third-order valence-electron chi connectivity index (χ3n) is 5.82. The van der Waals surface area contributed by atoms with E-state index in [0.29, 0.717) is 5.92 Å². The number of nitrogens with one attached hydrogen (secondary N) is 1. The van der Waals surface area contributed by atoms with Gasteiger partial charge in [0.25, 0.3) is 0 Å². The zero-order valence-corrected chi connectivity index (χ0v) is 18.1. The summed E-state index contributed by atoms with van der Waals surface area (Å²) in [4.78, 5) is 19.5. The standard InChI is InChI=1S/C24H31N5O/c1-17(2)9-12-25-24(30)20-10-13-28(14-11-20)23-15-18(3)26-22-16-21(27-29(22)23)19-7-5-4-6-8-19/h4-8,15-17,20H,9-14H2,1-3H3,(H,25,30). The van der Waals surface area contributed by atoms with Gasteiger partial charge in [-0.25, -0.2) is 4.98 Å². The molecule has 3 heterocycles. The van der Waals surface area contributed by atoms with Crippen molar-refractivity contribution in [1.82, 2.24) is 19.9 Å². The van der Waals surface area contributed by atoms with E-state index in [0.717, 1.165) is 67.3 Å². The zero-order valence-electron chi connectivity index (χ0n) is 18.1. The maximum absolute atomic E-state index is 12.5. The molecule has 0 aliphatic carbocycles. The van der Waals surface area contributed by atoms with Crippen molar-refractivity contribution in [3.05, 3.63) is 48.2 Å². The molecule has 6 nitrogen and oxygen atoms in total. The van der Waals surface area contributed by atoms with Gasteiger partial charge < -0.3 is 10.2 Å². The van der Waals surface area contributed by atoms with E-state index in [1.54, 1.807) is 0 Å². The van der Waals surface area contributed by atoms with Gasteiger partial charge in [0.15, 0.2) is 5.65 Å². The first-order valence-corrected chi connectivity index (χ1v) is 11.0. The molecule has 6 heteroatoms. The van der Waals surface area contributed by atoms with Gasteiger partial charge in [-0.1, -0.05) is 44.2 Å². The van der Waals surface area contributed by atoms with Crippen molar-refractivity contribution in [3.63, 3.8) is 0 Å². The molecule has 1 amide bonds. The Balaban J connectivity index is 1.49. The number of nitrogens with zero attached hydrogens (tertiary/aromatic N) is 4. The fourth-order valence-corrected chi connectivity index (χ4v) is 4.05. The lowest BCUT2D eigenvalue weighted by molar-refractivity contribution is -0.125. The maximum Gasteiger partial charge on any atom is 0.223 e. The summed E-state index contributed by atoms with van der Waals surface area (Å²) in [5.74, 6) is 1.97. The molecule has 1 aliphatic heterocycles. The van der Waals surface area contributed by atoms with Gasteiger partial charge in [0.1, 0.15) is 5.82 Å². The van der Waals surface area contributed by atoms with Gasteiger partial charge in [-0.2, -0.15) is 9.61 Å². The molecule has 2 aromatic heterocycles. The highest BCUT2D eigenvalue weighted by Gasteiger charge is 2.26. The first kappa shape index (κ1) is 20.4. The quantitative estimate of drug-likeness (QED) is 0.671. The minimum atomic E-state index is 0.101. The summed E-state index contributed by atoms with van der Waals surface area (Å²) in [7, 11) is 0. The van der Waals surface area contributed by atoms with Crippen LogP contribution in [0.25, 0.3) is 16.9 Å². The van der Waals surface area contributed by atoms with Crippen molar-refractivity contribution in [1.29, 1.82) is 0 Å². The van der Waals surface area contributed by atoms with Crippen LogP contribution in [0.1, 0.15) is 38.8 Å². The predicted molar refractivity (Wildman–Crippen MR) is 121 cm³/mol. The number of carbonyl (C=O) groups excluding carboxylic acids is 1. The van der Waals surface area contributed by atoms with Crippen LogP contribution < -0.4 is 10.2 Å². The molecule has 30 heavy (non-hydrogen) atoms. The van der Waals surface area contributed by atoms with Gasteiger partial charge in [0, 0.05) is 48.9 Å². The highest BCUT2D eigenvalue weighted by molar-refractivity contribution is 5.79. The second-order valence-corrected chi connectivity index (χ2v) is 8.66. The van der Waals surface area contributed by atoms with Crippen molar-refractivity contribution in [2.75, 3.05) is 24.5 Å². The molecule has 1 N–H and O–H groups in total. The van der Waals surface area contributed by atoms with Crippen molar-refractivity contribution in [2.45, 2.75) is 40.0 Å².